The lowest BCUT2D eigenvalue weighted by molar-refractivity contribution is 0.241. The summed E-state index contributed by atoms with van der Waals surface area (Å²) in [4.78, 5) is 0. The zero-order chi connectivity index (χ0) is 15.4. The van der Waals surface area contributed by atoms with Crippen LogP contribution in [0.1, 0.15) is 45.6 Å². The van der Waals surface area contributed by atoms with Gasteiger partial charge < -0.3 is 5.11 Å². The highest BCUT2D eigenvalue weighted by Gasteiger charge is 2.34. The first-order valence-corrected chi connectivity index (χ1v) is 8.88. The SMILES string of the molecule is CC(C)[C@@H]1CC[C@@H](C)C[C@@H]1[S@](=O)/N=C/c1ccccc1O. The van der Waals surface area contributed by atoms with E-state index in [0.717, 1.165) is 12.8 Å². The molecular weight excluding hydrogens is 282 g/mol. The fourth-order valence-electron chi connectivity index (χ4n) is 3.13. The summed E-state index contributed by atoms with van der Waals surface area (Å²) in [6.07, 6.45) is 4.89. The molecule has 0 unspecified atom stereocenters. The van der Waals surface area contributed by atoms with Crippen molar-refractivity contribution in [2.45, 2.75) is 45.3 Å². The minimum atomic E-state index is -1.23. The molecule has 1 aliphatic rings. The van der Waals surface area contributed by atoms with Crippen molar-refractivity contribution in [3.63, 3.8) is 0 Å². The Hall–Kier alpha value is -1.16. The molecule has 1 fully saturated rings. The highest BCUT2D eigenvalue weighted by atomic mass is 32.2. The van der Waals surface area contributed by atoms with Gasteiger partial charge in [-0.3, -0.25) is 0 Å². The van der Waals surface area contributed by atoms with Crippen molar-refractivity contribution < 1.29 is 9.32 Å². The molecule has 21 heavy (non-hydrogen) atoms. The molecule has 1 aromatic carbocycles. The van der Waals surface area contributed by atoms with E-state index in [1.807, 2.05) is 6.07 Å². The monoisotopic (exact) mass is 307 g/mol. The summed E-state index contributed by atoms with van der Waals surface area (Å²) in [5, 5.41) is 9.86. The van der Waals surface area contributed by atoms with Crippen molar-refractivity contribution in [3.8, 4) is 5.75 Å². The van der Waals surface area contributed by atoms with Crippen LogP contribution in [0.5, 0.6) is 5.75 Å². The molecule has 116 valence electrons. The molecule has 3 nitrogen and oxygen atoms in total. The minimum absolute atomic E-state index is 0.135. The second-order valence-electron chi connectivity index (χ2n) is 6.43. The van der Waals surface area contributed by atoms with E-state index in [4.69, 9.17) is 0 Å². The Labute approximate surface area is 130 Å². The molecule has 1 saturated carbocycles. The number of nitrogens with zero attached hydrogens (tertiary/aromatic N) is 1. The van der Waals surface area contributed by atoms with Gasteiger partial charge in [-0.2, -0.15) is 4.40 Å². The fourth-order valence-corrected chi connectivity index (χ4v) is 4.75. The third-order valence-electron chi connectivity index (χ3n) is 4.45. The number of benzene rings is 1. The van der Waals surface area contributed by atoms with Gasteiger partial charge in [-0.1, -0.05) is 39.3 Å². The van der Waals surface area contributed by atoms with Crippen LogP contribution in [-0.4, -0.2) is 20.8 Å². The van der Waals surface area contributed by atoms with Gasteiger partial charge in [0.25, 0.3) is 0 Å². The van der Waals surface area contributed by atoms with Gasteiger partial charge in [0.1, 0.15) is 16.7 Å². The summed E-state index contributed by atoms with van der Waals surface area (Å²) in [5.41, 5.74) is 0.621. The van der Waals surface area contributed by atoms with Crippen molar-refractivity contribution in [2.75, 3.05) is 0 Å². The molecule has 0 aromatic heterocycles. The third kappa shape index (κ3) is 4.16. The number of phenolic OH excluding ortho intramolecular Hbond substituents is 1. The van der Waals surface area contributed by atoms with E-state index in [2.05, 4.69) is 25.2 Å². The van der Waals surface area contributed by atoms with Crippen LogP contribution in [0.15, 0.2) is 28.7 Å². The summed E-state index contributed by atoms with van der Waals surface area (Å²) in [7, 11) is -1.23. The Bertz CT molecular complexity index is 527. The van der Waals surface area contributed by atoms with Gasteiger partial charge in [-0.25, -0.2) is 4.21 Å². The summed E-state index contributed by atoms with van der Waals surface area (Å²) in [6, 6.07) is 6.99. The molecule has 1 N–H and O–H groups in total. The molecule has 0 bridgehead atoms. The molecule has 4 atom stereocenters. The van der Waals surface area contributed by atoms with Crippen LogP contribution in [0.25, 0.3) is 0 Å². The predicted molar refractivity (Wildman–Crippen MR) is 89.0 cm³/mol. The normalized spacial score (nSPS) is 28.1. The fraction of sp³-hybridized carbons (Fsp3) is 0.588. The van der Waals surface area contributed by atoms with E-state index >= 15 is 0 Å². The highest BCUT2D eigenvalue weighted by molar-refractivity contribution is 7.84. The first-order chi connectivity index (χ1) is 9.99. The smallest absolute Gasteiger partial charge is 0.142 e. The summed E-state index contributed by atoms with van der Waals surface area (Å²) in [5.74, 6) is 1.81. The van der Waals surface area contributed by atoms with Gasteiger partial charge in [-0.15, -0.1) is 0 Å². The van der Waals surface area contributed by atoms with Gasteiger partial charge in [-0.05, 0) is 42.7 Å². The second-order valence-corrected chi connectivity index (χ2v) is 7.80. The molecule has 0 aliphatic heterocycles. The maximum atomic E-state index is 12.6. The highest BCUT2D eigenvalue weighted by Crippen LogP contribution is 2.36. The van der Waals surface area contributed by atoms with Crippen molar-refractivity contribution in [1.82, 2.24) is 0 Å². The van der Waals surface area contributed by atoms with Crippen LogP contribution in [-0.2, 0) is 11.0 Å². The van der Waals surface area contributed by atoms with Crippen LogP contribution in [0, 0.1) is 17.8 Å². The van der Waals surface area contributed by atoms with Crippen LogP contribution in [0.2, 0.25) is 0 Å². The average Bonchev–Trinajstić information content (AvgIpc) is 2.45. The van der Waals surface area contributed by atoms with E-state index in [9.17, 15) is 9.32 Å². The van der Waals surface area contributed by atoms with E-state index in [0.29, 0.717) is 23.3 Å². The molecule has 0 spiro atoms. The lowest BCUT2D eigenvalue weighted by Crippen LogP contribution is -2.34. The van der Waals surface area contributed by atoms with E-state index < -0.39 is 11.0 Å². The number of hydrogen-bond donors (Lipinski definition) is 1. The van der Waals surface area contributed by atoms with Gasteiger partial charge in [0, 0.05) is 11.8 Å². The van der Waals surface area contributed by atoms with Crippen molar-refractivity contribution in [2.24, 2.45) is 22.2 Å². The third-order valence-corrected chi connectivity index (χ3v) is 5.83. The number of rotatable bonds is 4. The number of aromatic hydroxyl groups is 1. The molecule has 1 aliphatic carbocycles. The summed E-state index contributed by atoms with van der Waals surface area (Å²) >= 11 is 0. The molecule has 1 aromatic rings. The van der Waals surface area contributed by atoms with E-state index in [-0.39, 0.29) is 11.0 Å². The molecule has 4 heteroatoms. The van der Waals surface area contributed by atoms with E-state index in [1.54, 1.807) is 24.4 Å². The second kappa shape index (κ2) is 7.21. The van der Waals surface area contributed by atoms with Gasteiger partial charge in [0.15, 0.2) is 0 Å². The van der Waals surface area contributed by atoms with Crippen molar-refractivity contribution >= 4 is 17.2 Å². The zero-order valence-electron chi connectivity index (χ0n) is 13.0. The van der Waals surface area contributed by atoms with Gasteiger partial charge in [0.2, 0.25) is 0 Å². The maximum absolute atomic E-state index is 12.6. The number of para-hydroxylation sites is 1. The van der Waals surface area contributed by atoms with Crippen molar-refractivity contribution in [3.05, 3.63) is 29.8 Å². The van der Waals surface area contributed by atoms with Crippen LogP contribution >= 0.6 is 0 Å². The topological polar surface area (TPSA) is 49.7 Å². The summed E-state index contributed by atoms with van der Waals surface area (Å²) < 4.78 is 16.8. The van der Waals surface area contributed by atoms with Crippen LogP contribution < -0.4 is 0 Å². The maximum Gasteiger partial charge on any atom is 0.142 e. The molecule has 0 saturated heterocycles. The number of hydrogen-bond acceptors (Lipinski definition) is 2. The molecular formula is C17H25NO2S. The standard InChI is InChI=1S/C17H25NO2S/c1-12(2)15-9-8-13(3)10-17(15)21(20)18-11-14-6-4-5-7-16(14)19/h4-7,11-13,15,17,19H,8-10H2,1-3H3/b18-11+/t13-,15+,17+,21+/m1/s1. The average molecular weight is 307 g/mol. The lowest BCUT2D eigenvalue weighted by Gasteiger charge is -2.35. The zero-order valence-corrected chi connectivity index (χ0v) is 13.8. The Morgan fingerprint density at radius 1 is 1.33 bits per heavy atom. The van der Waals surface area contributed by atoms with Crippen LogP contribution in [0.3, 0.4) is 0 Å². The van der Waals surface area contributed by atoms with Gasteiger partial charge in [0.05, 0.1) is 5.25 Å². The Morgan fingerprint density at radius 2 is 2.05 bits per heavy atom. The largest absolute Gasteiger partial charge is 0.507 e. The van der Waals surface area contributed by atoms with E-state index in [1.165, 1.54) is 6.42 Å². The first-order valence-electron chi connectivity index (χ1n) is 7.71. The Balaban J connectivity index is 2.12. The lowest BCUT2D eigenvalue weighted by atomic mass is 9.77. The Kier molecular flexibility index (Phi) is 5.57. The first kappa shape index (κ1) is 16.2. The van der Waals surface area contributed by atoms with Crippen molar-refractivity contribution in [1.29, 1.82) is 0 Å². The minimum Gasteiger partial charge on any atom is -0.507 e. The number of phenols is 1. The quantitative estimate of drug-likeness (QED) is 0.857. The molecule has 0 amide bonds. The van der Waals surface area contributed by atoms with Crippen LogP contribution in [0.4, 0.5) is 0 Å². The molecule has 0 radical (unpaired) electrons. The van der Waals surface area contributed by atoms with Gasteiger partial charge >= 0.3 is 0 Å². The Morgan fingerprint density at radius 3 is 2.71 bits per heavy atom. The summed E-state index contributed by atoms with van der Waals surface area (Å²) in [6.45, 7) is 6.64. The predicted octanol–water partition coefficient (Wildman–Crippen LogP) is 3.94. The molecule has 2 rings (SSSR count). The molecule has 0 heterocycles.